The lowest BCUT2D eigenvalue weighted by Crippen LogP contribution is -2.29. The van der Waals surface area contributed by atoms with Crippen molar-refractivity contribution in [3.8, 4) is 11.1 Å². The van der Waals surface area contributed by atoms with Crippen molar-refractivity contribution in [2.75, 3.05) is 132 Å². The highest BCUT2D eigenvalue weighted by molar-refractivity contribution is 5.79. The zero-order valence-electron chi connectivity index (χ0n) is 31.6. The fraction of sp³-hybridized carbons (Fsp3) is 0.641. The summed E-state index contributed by atoms with van der Waals surface area (Å²) >= 11 is 0. The third kappa shape index (κ3) is 20.2. The van der Waals surface area contributed by atoms with E-state index in [9.17, 15) is 9.59 Å². The highest BCUT2D eigenvalue weighted by Gasteiger charge is 2.29. The predicted octanol–water partition coefficient (Wildman–Crippen LogP) is 4.02. The van der Waals surface area contributed by atoms with Crippen LogP contribution in [0.25, 0.3) is 11.1 Å². The minimum atomic E-state index is -0.517. The summed E-state index contributed by atoms with van der Waals surface area (Å²) in [5, 5.41) is 2.74. The Morgan fingerprint density at radius 3 is 1.28 bits per heavy atom. The highest BCUT2D eigenvalue weighted by Crippen LogP contribution is 2.44. The lowest BCUT2D eigenvalue weighted by atomic mass is 9.98. The number of fused-ring (bicyclic) bond motifs is 3. The normalized spacial score (nSPS) is 12.4. The summed E-state index contributed by atoms with van der Waals surface area (Å²) in [6, 6.07) is 16.5. The molecule has 1 N–H and O–H groups in total. The molecule has 14 nitrogen and oxygen atoms in total. The molecule has 1 aliphatic carbocycles. The van der Waals surface area contributed by atoms with Gasteiger partial charge in [-0.15, -0.1) is 0 Å². The summed E-state index contributed by atoms with van der Waals surface area (Å²) in [6.07, 6.45) is -0.456. The van der Waals surface area contributed by atoms with Crippen molar-refractivity contribution in [3.05, 3.63) is 59.7 Å². The molecular formula is C39H59NO13. The van der Waals surface area contributed by atoms with Gasteiger partial charge in [0.25, 0.3) is 0 Å². The largest absolute Gasteiger partial charge is 0.458 e. The number of hydrogen-bond acceptors (Lipinski definition) is 13. The van der Waals surface area contributed by atoms with Crippen molar-refractivity contribution in [2.24, 2.45) is 0 Å². The van der Waals surface area contributed by atoms with E-state index in [0.717, 1.165) is 0 Å². The summed E-state index contributed by atoms with van der Waals surface area (Å²) < 4.78 is 59.7. The number of rotatable bonds is 31. The first-order valence-corrected chi connectivity index (χ1v) is 18.4. The van der Waals surface area contributed by atoms with Gasteiger partial charge in [0.15, 0.2) is 0 Å². The zero-order valence-corrected chi connectivity index (χ0v) is 31.6. The minimum absolute atomic E-state index is 0.0336. The average Bonchev–Trinajstić information content (AvgIpc) is 3.46. The van der Waals surface area contributed by atoms with Crippen molar-refractivity contribution in [1.29, 1.82) is 0 Å². The molecule has 298 valence electrons. The Morgan fingerprint density at radius 2 is 0.887 bits per heavy atom. The minimum Gasteiger partial charge on any atom is -0.458 e. The number of benzene rings is 2. The topological polar surface area (TPSA) is 148 Å². The van der Waals surface area contributed by atoms with Crippen LogP contribution in [-0.4, -0.2) is 150 Å². The predicted molar refractivity (Wildman–Crippen MR) is 196 cm³/mol. The van der Waals surface area contributed by atoms with Gasteiger partial charge in [-0.25, -0.2) is 9.59 Å². The first-order valence-electron chi connectivity index (χ1n) is 18.4. The van der Waals surface area contributed by atoms with Gasteiger partial charge < -0.3 is 57.4 Å². The van der Waals surface area contributed by atoms with Crippen molar-refractivity contribution >= 4 is 12.1 Å². The van der Waals surface area contributed by atoms with Crippen molar-refractivity contribution in [3.63, 3.8) is 0 Å². The third-order valence-corrected chi connectivity index (χ3v) is 7.48. The number of esters is 1. The van der Waals surface area contributed by atoms with Gasteiger partial charge in [-0.1, -0.05) is 48.5 Å². The number of amides is 1. The smallest absolute Gasteiger partial charge is 0.407 e. The van der Waals surface area contributed by atoms with E-state index in [1.807, 2.05) is 45.0 Å². The van der Waals surface area contributed by atoms with E-state index in [0.29, 0.717) is 119 Å². The van der Waals surface area contributed by atoms with Crippen molar-refractivity contribution in [2.45, 2.75) is 32.3 Å². The Morgan fingerprint density at radius 1 is 0.528 bits per heavy atom. The fourth-order valence-corrected chi connectivity index (χ4v) is 5.16. The van der Waals surface area contributed by atoms with E-state index in [4.69, 9.17) is 52.1 Å². The molecule has 0 bridgehead atoms. The van der Waals surface area contributed by atoms with Gasteiger partial charge in [-0.2, -0.15) is 0 Å². The average molecular weight is 750 g/mol. The van der Waals surface area contributed by atoms with Crippen LogP contribution in [0.5, 0.6) is 0 Å². The van der Waals surface area contributed by atoms with Crippen LogP contribution in [0.4, 0.5) is 4.79 Å². The van der Waals surface area contributed by atoms with Gasteiger partial charge in [0.1, 0.15) is 18.8 Å². The lowest BCUT2D eigenvalue weighted by Gasteiger charge is -2.19. The highest BCUT2D eigenvalue weighted by atomic mass is 16.6. The van der Waals surface area contributed by atoms with Crippen LogP contribution in [0.15, 0.2) is 48.5 Å². The second-order valence-electron chi connectivity index (χ2n) is 12.8. The van der Waals surface area contributed by atoms with Crippen LogP contribution in [0.1, 0.15) is 37.8 Å². The maximum Gasteiger partial charge on any atom is 0.407 e. The third-order valence-electron chi connectivity index (χ3n) is 7.48. The van der Waals surface area contributed by atoms with Gasteiger partial charge >= 0.3 is 12.1 Å². The van der Waals surface area contributed by atoms with E-state index in [1.54, 1.807) is 0 Å². The van der Waals surface area contributed by atoms with Crippen LogP contribution in [0.3, 0.4) is 0 Å². The molecule has 1 aliphatic rings. The molecule has 0 heterocycles. The first-order chi connectivity index (χ1) is 25.8. The van der Waals surface area contributed by atoms with Crippen LogP contribution in [0.2, 0.25) is 0 Å². The molecule has 3 rings (SSSR count). The Kier molecular flexibility index (Phi) is 22.9. The molecule has 14 heteroatoms. The molecule has 2 aromatic carbocycles. The van der Waals surface area contributed by atoms with Crippen LogP contribution in [-0.2, 0) is 56.9 Å². The number of ether oxygens (including phenoxy) is 11. The van der Waals surface area contributed by atoms with Gasteiger partial charge in [0, 0.05) is 12.5 Å². The van der Waals surface area contributed by atoms with Crippen LogP contribution < -0.4 is 5.32 Å². The Hall–Kier alpha value is -3.18. The summed E-state index contributed by atoms with van der Waals surface area (Å²) in [5.74, 6) is -0.357. The number of alkyl carbamates (subject to hydrolysis) is 1. The molecule has 0 saturated carbocycles. The van der Waals surface area contributed by atoms with Gasteiger partial charge in [-0.3, -0.25) is 0 Å². The molecule has 2 aromatic rings. The molecule has 53 heavy (non-hydrogen) atoms. The Balaban J connectivity index is 0.967. The maximum absolute atomic E-state index is 12.2. The second-order valence-corrected chi connectivity index (χ2v) is 12.8. The van der Waals surface area contributed by atoms with E-state index in [-0.39, 0.29) is 19.1 Å². The molecule has 0 unspecified atom stereocenters. The van der Waals surface area contributed by atoms with Crippen LogP contribution >= 0.6 is 0 Å². The molecule has 0 radical (unpaired) electrons. The quantitative estimate of drug-likeness (QED) is 0.0876. The number of carbonyl (C=O) groups excluding carboxylic acids is 2. The van der Waals surface area contributed by atoms with Crippen molar-refractivity contribution < 1.29 is 61.7 Å². The molecule has 0 spiro atoms. The van der Waals surface area contributed by atoms with Gasteiger partial charge in [-0.05, 0) is 43.0 Å². The number of carbonyl (C=O) groups is 2. The molecule has 1 amide bonds. The fourth-order valence-electron chi connectivity index (χ4n) is 5.16. The molecular weight excluding hydrogens is 690 g/mol. The molecule has 0 saturated heterocycles. The van der Waals surface area contributed by atoms with E-state index in [2.05, 4.69) is 29.6 Å². The molecule has 0 aliphatic heterocycles. The molecule has 0 fully saturated rings. The molecule has 0 aromatic heterocycles. The van der Waals surface area contributed by atoms with E-state index in [1.165, 1.54) is 22.3 Å². The number of hydrogen-bond donors (Lipinski definition) is 1. The Bertz CT molecular complexity index is 1230. The van der Waals surface area contributed by atoms with Gasteiger partial charge in [0.2, 0.25) is 0 Å². The summed E-state index contributed by atoms with van der Waals surface area (Å²) in [4.78, 5) is 23.8. The summed E-state index contributed by atoms with van der Waals surface area (Å²) in [7, 11) is 0. The summed E-state index contributed by atoms with van der Waals surface area (Å²) in [5.41, 5.74) is 4.24. The van der Waals surface area contributed by atoms with E-state index >= 15 is 0 Å². The van der Waals surface area contributed by atoms with Gasteiger partial charge in [0.05, 0.1) is 112 Å². The van der Waals surface area contributed by atoms with Crippen LogP contribution in [0, 0.1) is 0 Å². The van der Waals surface area contributed by atoms with E-state index < -0.39 is 17.7 Å². The standard InChI is InChI=1S/C39H59NO13/c1-39(2,3)53-37(41)31-51-29-28-50-27-26-49-25-24-48-23-22-47-21-20-46-19-18-45-17-16-44-15-14-43-13-12-40-38(42)52-30-36-34-10-6-4-8-32(34)33-9-5-7-11-35(33)36/h4-11,36H,12-31H2,1-3H3,(H,40,42). The lowest BCUT2D eigenvalue weighted by molar-refractivity contribution is -0.160. The van der Waals surface area contributed by atoms with Crippen molar-refractivity contribution in [1.82, 2.24) is 5.32 Å². The second kappa shape index (κ2) is 27.4. The Labute approximate surface area is 313 Å². The monoisotopic (exact) mass is 749 g/mol. The summed E-state index contributed by atoms with van der Waals surface area (Å²) in [6.45, 7) is 13.5. The molecule has 0 atom stereocenters. The first kappa shape index (κ1) is 44.2. The number of nitrogens with one attached hydrogen (secondary N) is 1. The SMILES string of the molecule is CC(C)(C)OC(=O)COCCOCCOCCOCCOCCOCCOCCOCCOCCNC(=O)OCC1c2ccccc2-c2ccccc21. The maximum atomic E-state index is 12.2. The zero-order chi connectivity index (χ0) is 37.8.